The Morgan fingerprint density at radius 2 is 1.90 bits per heavy atom. The first kappa shape index (κ1) is 20.4. The molecule has 0 radical (unpaired) electrons. The molecule has 31 heavy (non-hydrogen) atoms. The molecule has 2 aromatic carbocycles. The third kappa shape index (κ3) is 4.21. The maximum Gasteiger partial charge on any atom is 0.255 e. The van der Waals surface area contributed by atoms with E-state index < -0.39 is 6.04 Å². The van der Waals surface area contributed by atoms with Gasteiger partial charge in [-0.05, 0) is 41.5 Å². The van der Waals surface area contributed by atoms with Crippen LogP contribution in [0.2, 0.25) is 0 Å². The zero-order valence-electron chi connectivity index (χ0n) is 17.4. The predicted octanol–water partition coefficient (Wildman–Crippen LogP) is 3.82. The van der Waals surface area contributed by atoms with Crippen LogP contribution in [0.3, 0.4) is 0 Å². The molecule has 2 heterocycles. The number of carbonyl (C=O) groups excluding carboxylic acids is 2. The summed E-state index contributed by atoms with van der Waals surface area (Å²) in [5.41, 5.74) is 3.01. The van der Waals surface area contributed by atoms with Gasteiger partial charge in [-0.2, -0.15) is 0 Å². The van der Waals surface area contributed by atoms with Crippen LogP contribution >= 0.6 is 0 Å². The monoisotopic (exact) mass is 417 g/mol. The molecule has 4 rings (SSSR count). The lowest BCUT2D eigenvalue weighted by atomic mass is 10.0. The highest BCUT2D eigenvalue weighted by atomic mass is 16.5. The fourth-order valence-electron chi connectivity index (χ4n) is 3.82. The van der Waals surface area contributed by atoms with Gasteiger partial charge in [0.15, 0.2) is 11.5 Å². The van der Waals surface area contributed by atoms with Gasteiger partial charge in [-0.1, -0.05) is 24.3 Å². The molecule has 0 saturated heterocycles. The fourth-order valence-corrected chi connectivity index (χ4v) is 3.82. The molecule has 158 valence electrons. The van der Waals surface area contributed by atoms with Crippen molar-refractivity contribution in [3.05, 3.63) is 83.7 Å². The number of ether oxygens (including phenoxy) is 2. The number of amides is 2. The summed E-state index contributed by atoms with van der Waals surface area (Å²) in [5.74, 6) is 0.823. The number of pyridine rings is 1. The lowest BCUT2D eigenvalue weighted by Crippen LogP contribution is -2.32. The van der Waals surface area contributed by atoms with Gasteiger partial charge in [0.25, 0.3) is 5.91 Å². The van der Waals surface area contributed by atoms with E-state index >= 15 is 0 Å². The SMILES string of the molecule is COc1ccc([C@H](CC(=O)Nc2cccnc2)N2Cc3ccccc3C2=O)cc1OC. The number of fused-ring (bicyclic) bond motifs is 1. The highest BCUT2D eigenvalue weighted by molar-refractivity contribution is 5.99. The third-order valence-electron chi connectivity index (χ3n) is 5.34. The highest BCUT2D eigenvalue weighted by Crippen LogP contribution is 2.37. The second-order valence-electron chi connectivity index (χ2n) is 7.21. The number of hydrogen-bond acceptors (Lipinski definition) is 5. The van der Waals surface area contributed by atoms with Gasteiger partial charge < -0.3 is 19.7 Å². The zero-order chi connectivity index (χ0) is 21.8. The van der Waals surface area contributed by atoms with Crippen molar-refractivity contribution in [1.82, 2.24) is 9.88 Å². The van der Waals surface area contributed by atoms with E-state index in [-0.39, 0.29) is 18.2 Å². The van der Waals surface area contributed by atoms with Crippen LogP contribution in [0.5, 0.6) is 11.5 Å². The molecular formula is C24H23N3O4. The molecule has 1 aliphatic heterocycles. The second-order valence-corrected chi connectivity index (χ2v) is 7.21. The normalized spacial score (nSPS) is 13.5. The molecule has 0 unspecified atom stereocenters. The summed E-state index contributed by atoms with van der Waals surface area (Å²) < 4.78 is 10.8. The van der Waals surface area contributed by atoms with Gasteiger partial charge in [-0.25, -0.2) is 0 Å². The van der Waals surface area contributed by atoms with Gasteiger partial charge in [0, 0.05) is 18.3 Å². The molecule has 0 saturated carbocycles. The average Bonchev–Trinajstić information content (AvgIpc) is 3.14. The van der Waals surface area contributed by atoms with E-state index in [2.05, 4.69) is 10.3 Å². The van der Waals surface area contributed by atoms with Gasteiger partial charge in [-0.15, -0.1) is 0 Å². The minimum atomic E-state index is -0.476. The van der Waals surface area contributed by atoms with Gasteiger partial charge in [-0.3, -0.25) is 14.6 Å². The Morgan fingerprint density at radius 1 is 1.10 bits per heavy atom. The van der Waals surface area contributed by atoms with Crippen LogP contribution < -0.4 is 14.8 Å². The van der Waals surface area contributed by atoms with E-state index in [9.17, 15) is 9.59 Å². The summed E-state index contributed by atoms with van der Waals surface area (Å²) in [4.78, 5) is 31.8. The van der Waals surface area contributed by atoms with E-state index in [1.807, 2.05) is 36.4 Å². The molecule has 0 aliphatic carbocycles. The number of nitrogens with zero attached hydrogens (tertiary/aromatic N) is 2. The van der Waals surface area contributed by atoms with Crippen LogP contribution in [-0.2, 0) is 11.3 Å². The predicted molar refractivity (Wildman–Crippen MR) is 116 cm³/mol. The summed E-state index contributed by atoms with van der Waals surface area (Å²) in [6.45, 7) is 0.439. The summed E-state index contributed by atoms with van der Waals surface area (Å²) in [6.07, 6.45) is 3.31. The molecule has 1 atom stereocenters. The first-order valence-corrected chi connectivity index (χ1v) is 9.91. The molecule has 3 aromatic rings. The zero-order valence-corrected chi connectivity index (χ0v) is 17.4. The van der Waals surface area contributed by atoms with Crippen molar-refractivity contribution in [1.29, 1.82) is 0 Å². The van der Waals surface area contributed by atoms with Crippen LogP contribution in [0.4, 0.5) is 5.69 Å². The van der Waals surface area contributed by atoms with E-state index in [1.54, 1.807) is 49.7 Å². The molecule has 7 nitrogen and oxygen atoms in total. The first-order valence-electron chi connectivity index (χ1n) is 9.91. The maximum absolute atomic E-state index is 13.2. The number of rotatable bonds is 7. The lowest BCUT2D eigenvalue weighted by Gasteiger charge is -2.28. The van der Waals surface area contributed by atoms with Gasteiger partial charge in [0.1, 0.15) is 0 Å². The smallest absolute Gasteiger partial charge is 0.255 e. The van der Waals surface area contributed by atoms with Crippen molar-refractivity contribution in [3.8, 4) is 11.5 Å². The van der Waals surface area contributed by atoms with E-state index in [0.717, 1.165) is 11.1 Å². The average molecular weight is 417 g/mol. The van der Waals surface area contributed by atoms with Crippen molar-refractivity contribution in [3.63, 3.8) is 0 Å². The van der Waals surface area contributed by atoms with Crippen LogP contribution in [0, 0.1) is 0 Å². The van der Waals surface area contributed by atoms with E-state index in [4.69, 9.17) is 9.47 Å². The molecule has 1 aromatic heterocycles. The van der Waals surface area contributed by atoms with Crippen LogP contribution in [0.1, 0.15) is 33.9 Å². The Hall–Kier alpha value is -3.87. The molecule has 0 bridgehead atoms. The Kier molecular flexibility index (Phi) is 5.84. The molecule has 0 fully saturated rings. The number of carbonyl (C=O) groups is 2. The molecule has 7 heteroatoms. The minimum Gasteiger partial charge on any atom is -0.493 e. The van der Waals surface area contributed by atoms with Crippen molar-refractivity contribution < 1.29 is 19.1 Å². The lowest BCUT2D eigenvalue weighted by molar-refractivity contribution is -0.117. The maximum atomic E-state index is 13.2. The summed E-state index contributed by atoms with van der Waals surface area (Å²) >= 11 is 0. The third-order valence-corrected chi connectivity index (χ3v) is 5.34. The largest absolute Gasteiger partial charge is 0.493 e. The first-order chi connectivity index (χ1) is 15.1. The fraction of sp³-hybridized carbons (Fsp3) is 0.208. The number of anilines is 1. The topological polar surface area (TPSA) is 80.8 Å². The molecule has 0 spiro atoms. The van der Waals surface area contributed by atoms with Gasteiger partial charge >= 0.3 is 0 Å². The molecular weight excluding hydrogens is 394 g/mol. The Morgan fingerprint density at radius 3 is 2.61 bits per heavy atom. The van der Waals surface area contributed by atoms with Crippen molar-refractivity contribution in [2.24, 2.45) is 0 Å². The molecule has 2 amide bonds. The Bertz CT molecular complexity index is 1100. The number of hydrogen-bond donors (Lipinski definition) is 1. The van der Waals surface area contributed by atoms with Crippen LogP contribution in [0.25, 0.3) is 0 Å². The van der Waals surface area contributed by atoms with Gasteiger partial charge in [0.05, 0.1) is 38.6 Å². The standard InChI is InChI=1S/C24H23N3O4/c1-30-21-10-9-16(12-22(21)31-2)20(13-23(28)26-18-7-5-11-25-14-18)27-15-17-6-3-4-8-19(17)24(27)29/h3-12,14,20H,13,15H2,1-2H3,(H,26,28)/t20-/m0/s1. The van der Waals surface area contributed by atoms with Crippen molar-refractivity contribution >= 4 is 17.5 Å². The Labute approximate surface area is 180 Å². The second kappa shape index (κ2) is 8.87. The number of nitrogens with one attached hydrogen (secondary N) is 1. The van der Waals surface area contributed by atoms with Crippen LogP contribution in [-0.4, -0.2) is 35.9 Å². The number of benzene rings is 2. The van der Waals surface area contributed by atoms with Crippen molar-refractivity contribution in [2.75, 3.05) is 19.5 Å². The number of aromatic nitrogens is 1. The minimum absolute atomic E-state index is 0.0874. The van der Waals surface area contributed by atoms with Crippen molar-refractivity contribution in [2.45, 2.75) is 19.0 Å². The van der Waals surface area contributed by atoms with E-state index in [0.29, 0.717) is 29.3 Å². The quantitative estimate of drug-likeness (QED) is 0.632. The van der Waals surface area contributed by atoms with E-state index in [1.165, 1.54) is 0 Å². The summed E-state index contributed by atoms with van der Waals surface area (Å²) in [5, 5.41) is 2.86. The van der Waals surface area contributed by atoms with Gasteiger partial charge in [0.2, 0.25) is 5.91 Å². The summed E-state index contributed by atoms with van der Waals surface area (Å²) in [6, 6.07) is 16.0. The highest BCUT2D eigenvalue weighted by Gasteiger charge is 2.34. The number of methoxy groups -OCH3 is 2. The summed E-state index contributed by atoms with van der Waals surface area (Å²) in [7, 11) is 3.12. The van der Waals surface area contributed by atoms with Crippen LogP contribution in [0.15, 0.2) is 67.0 Å². The molecule has 1 aliphatic rings. The Balaban J connectivity index is 1.66. The molecule has 1 N–H and O–H groups in total.